The maximum atomic E-state index is 10.7. The van der Waals surface area contributed by atoms with Crippen LogP contribution in [-0.4, -0.2) is 33.5 Å². The van der Waals surface area contributed by atoms with Crippen LogP contribution in [0.1, 0.15) is 104 Å². The Morgan fingerprint density at radius 2 is 1.77 bits per heavy atom. The van der Waals surface area contributed by atoms with Crippen LogP contribution in [0.3, 0.4) is 0 Å². The summed E-state index contributed by atoms with van der Waals surface area (Å²) in [6.45, 7) is 4.44. The van der Waals surface area contributed by atoms with Crippen molar-refractivity contribution < 1.29 is 20.1 Å². The fourth-order valence-corrected chi connectivity index (χ4v) is 5.51. The Hall–Kier alpha value is -1.31. The molecule has 0 bridgehead atoms. The largest absolute Gasteiger partial charge is 0.481 e. The van der Waals surface area contributed by atoms with Gasteiger partial charge in [0.2, 0.25) is 0 Å². The Bertz CT molecular complexity index is 629. The topological polar surface area (TPSA) is 77.8 Å². The number of carbonyl (C=O) groups is 1. The molecule has 2 aliphatic rings. The number of carboxylic acid groups (broad SMARTS) is 1. The highest BCUT2D eigenvalue weighted by molar-refractivity contribution is 5.66. The van der Waals surface area contributed by atoms with E-state index in [1.807, 2.05) is 0 Å². The second kappa shape index (κ2) is 14.0. The molecule has 0 aliphatic heterocycles. The van der Waals surface area contributed by atoms with Gasteiger partial charge >= 0.3 is 5.97 Å². The van der Waals surface area contributed by atoms with Gasteiger partial charge in [-0.3, -0.25) is 4.79 Å². The number of carboxylic acids is 1. The van der Waals surface area contributed by atoms with E-state index < -0.39 is 18.2 Å². The predicted octanol–water partition coefficient (Wildman–Crippen LogP) is 5.72. The van der Waals surface area contributed by atoms with E-state index in [4.69, 9.17) is 5.11 Å². The molecule has 6 atom stereocenters. The summed E-state index contributed by atoms with van der Waals surface area (Å²) in [5, 5.41) is 29.6. The van der Waals surface area contributed by atoms with Crippen LogP contribution in [0.25, 0.3) is 0 Å². The number of aliphatic carboxylic acids is 1. The molecule has 2 saturated carbocycles. The van der Waals surface area contributed by atoms with E-state index in [2.05, 4.69) is 31.8 Å². The number of hydrogen-bond donors (Lipinski definition) is 3. The van der Waals surface area contributed by atoms with Crippen molar-refractivity contribution in [1.29, 1.82) is 0 Å². The average Bonchev–Trinajstić information content (AvgIpc) is 2.74. The minimum absolute atomic E-state index is 0.0573. The van der Waals surface area contributed by atoms with Gasteiger partial charge in [-0.2, -0.15) is 0 Å². The Kier molecular flexibility index (Phi) is 11.7. The number of allylic oxidation sites excluding steroid dienone is 2. The summed E-state index contributed by atoms with van der Waals surface area (Å²) in [4.78, 5) is 10.7. The highest BCUT2D eigenvalue weighted by atomic mass is 16.4. The van der Waals surface area contributed by atoms with Gasteiger partial charge in [0.1, 0.15) is 6.10 Å². The van der Waals surface area contributed by atoms with Gasteiger partial charge in [-0.05, 0) is 56.3 Å². The zero-order valence-electron chi connectivity index (χ0n) is 19.7. The molecule has 0 radical (unpaired) electrons. The summed E-state index contributed by atoms with van der Waals surface area (Å²) in [6.07, 6.45) is 15.4. The SMILES string of the molecule is CCCCCCCCCCC(O)C#C[C@H]1[C@@H]2C(C)C(=CCCCC(=O)O)[C@@H]2CC[C@@H]1O. The van der Waals surface area contributed by atoms with E-state index in [9.17, 15) is 15.0 Å². The van der Waals surface area contributed by atoms with Crippen LogP contribution in [-0.2, 0) is 4.79 Å². The van der Waals surface area contributed by atoms with Crippen molar-refractivity contribution in [3.8, 4) is 11.8 Å². The molecule has 2 unspecified atom stereocenters. The van der Waals surface area contributed by atoms with Crippen LogP contribution in [0.2, 0.25) is 0 Å². The van der Waals surface area contributed by atoms with Gasteiger partial charge in [-0.25, -0.2) is 0 Å². The van der Waals surface area contributed by atoms with Gasteiger partial charge < -0.3 is 15.3 Å². The molecule has 0 aromatic heterocycles. The zero-order valence-corrected chi connectivity index (χ0v) is 19.7. The Balaban J connectivity index is 1.75. The standard InChI is InChI=1S/C27H44O4/c1-3-4-5-6-7-8-9-10-13-21(28)16-17-24-25(29)19-18-23-22(20(2)27(23)24)14-11-12-15-26(30)31/h14,20-21,23-25,27-29H,3-13,15,18-19H2,1-2H3,(H,30,31)/t20?,21?,23-,24+,25-,27+/m0/s1. The molecule has 4 nitrogen and oxygen atoms in total. The predicted molar refractivity (Wildman–Crippen MR) is 125 cm³/mol. The summed E-state index contributed by atoms with van der Waals surface area (Å²) in [5.41, 5.74) is 1.42. The van der Waals surface area contributed by atoms with Crippen molar-refractivity contribution in [2.45, 2.75) is 116 Å². The number of aliphatic hydroxyl groups is 2. The smallest absolute Gasteiger partial charge is 0.303 e. The van der Waals surface area contributed by atoms with Crippen LogP contribution in [0.4, 0.5) is 0 Å². The normalized spacial score (nSPS) is 29.5. The summed E-state index contributed by atoms with van der Waals surface area (Å²) < 4.78 is 0. The number of aliphatic hydroxyl groups excluding tert-OH is 2. The van der Waals surface area contributed by atoms with Gasteiger partial charge in [0.25, 0.3) is 0 Å². The summed E-state index contributed by atoms with van der Waals surface area (Å²) in [5.74, 6) is 6.72. The number of unbranched alkanes of at least 4 members (excludes halogenated alkanes) is 8. The second-order valence-corrected chi connectivity index (χ2v) is 9.70. The molecule has 0 aromatic rings. The van der Waals surface area contributed by atoms with Crippen molar-refractivity contribution in [3.05, 3.63) is 11.6 Å². The Morgan fingerprint density at radius 1 is 1.10 bits per heavy atom. The molecule has 176 valence electrons. The molecule has 2 fully saturated rings. The Morgan fingerprint density at radius 3 is 2.45 bits per heavy atom. The summed E-state index contributed by atoms with van der Waals surface area (Å²) in [7, 11) is 0. The number of rotatable bonds is 13. The van der Waals surface area contributed by atoms with Gasteiger partial charge in [0, 0.05) is 6.42 Å². The van der Waals surface area contributed by atoms with Crippen molar-refractivity contribution in [1.82, 2.24) is 0 Å². The fourth-order valence-electron chi connectivity index (χ4n) is 5.51. The van der Waals surface area contributed by atoms with Gasteiger partial charge in [-0.1, -0.05) is 82.3 Å². The molecule has 0 saturated heterocycles. The molecule has 0 heterocycles. The van der Waals surface area contributed by atoms with Crippen molar-refractivity contribution in [2.24, 2.45) is 23.7 Å². The van der Waals surface area contributed by atoms with Gasteiger partial charge in [0.15, 0.2) is 0 Å². The van der Waals surface area contributed by atoms with Crippen LogP contribution in [0.15, 0.2) is 11.6 Å². The van der Waals surface area contributed by atoms with E-state index in [0.29, 0.717) is 24.2 Å². The second-order valence-electron chi connectivity index (χ2n) is 9.70. The third-order valence-corrected chi connectivity index (χ3v) is 7.32. The minimum Gasteiger partial charge on any atom is -0.481 e. The lowest BCUT2D eigenvalue weighted by molar-refractivity contribution is -0.137. The summed E-state index contributed by atoms with van der Waals surface area (Å²) >= 11 is 0. The minimum atomic E-state index is -0.736. The molecule has 3 N–H and O–H groups in total. The quantitative estimate of drug-likeness (QED) is 0.198. The number of hydrogen-bond acceptors (Lipinski definition) is 3. The Labute approximate surface area is 189 Å². The highest BCUT2D eigenvalue weighted by Crippen LogP contribution is 2.55. The molecule has 0 aromatic carbocycles. The lowest BCUT2D eigenvalue weighted by Crippen LogP contribution is -2.50. The number of fused-ring (bicyclic) bond motifs is 1. The van der Waals surface area contributed by atoms with Gasteiger partial charge in [-0.15, -0.1) is 0 Å². The van der Waals surface area contributed by atoms with E-state index in [1.54, 1.807) is 0 Å². The third kappa shape index (κ3) is 8.28. The highest BCUT2D eigenvalue weighted by Gasteiger charge is 2.50. The molecular weight excluding hydrogens is 388 g/mol. The van der Waals surface area contributed by atoms with Gasteiger partial charge in [0.05, 0.1) is 12.0 Å². The van der Waals surface area contributed by atoms with Crippen LogP contribution in [0.5, 0.6) is 0 Å². The lowest BCUT2D eigenvalue weighted by Gasteiger charge is -2.53. The van der Waals surface area contributed by atoms with E-state index in [-0.39, 0.29) is 12.3 Å². The van der Waals surface area contributed by atoms with E-state index in [0.717, 1.165) is 38.5 Å². The first-order chi connectivity index (χ1) is 15.0. The van der Waals surface area contributed by atoms with Crippen LogP contribution >= 0.6 is 0 Å². The monoisotopic (exact) mass is 432 g/mol. The molecule has 4 heteroatoms. The van der Waals surface area contributed by atoms with Crippen molar-refractivity contribution >= 4 is 5.97 Å². The maximum absolute atomic E-state index is 10.7. The van der Waals surface area contributed by atoms with Crippen molar-refractivity contribution in [3.63, 3.8) is 0 Å². The van der Waals surface area contributed by atoms with Crippen molar-refractivity contribution in [2.75, 3.05) is 0 Å². The summed E-state index contributed by atoms with van der Waals surface area (Å²) in [6, 6.07) is 0. The maximum Gasteiger partial charge on any atom is 0.303 e. The van der Waals surface area contributed by atoms with Crippen LogP contribution in [0, 0.1) is 35.5 Å². The molecular formula is C27H44O4. The zero-order chi connectivity index (χ0) is 22.6. The first kappa shape index (κ1) is 25.9. The lowest BCUT2D eigenvalue weighted by atomic mass is 9.51. The van der Waals surface area contributed by atoms with E-state index >= 15 is 0 Å². The third-order valence-electron chi connectivity index (χ3n) is 7.32. The first-order valence-electron chi connectivity index (χ1n) is 12.7. The average molecular weight is 433 g/mol. The van der Waals surface area contributed by atoms with Crippen LogP contribution < -0.4 is 0 Å². The molecule has 31 heavy (non-hydrogen) atoms. The molecule has 2 aliphatic carbocycles. The molecule has 0 spiro atoms. The fraction of sp³-hybridized carbons (Fsp3) is 0.815. The first-order valence-corrected chi connectivity index (χ1v) is 12.7. The van der Waals surface area contributed by atoms with E-state index in [1.165, 1.54) is 44.1 Å². The molecule has 2 rings (SSSR count). The molecule has 0 amide bonds.